The Balaban J connectivity index is 2.60. The van der Waals surface area contributed by atoms with Crippen LogP contribution in [0.2, 0.25) is 0 Å². The summed E-state index contributed by atoms with van der Waals surface area (Å²) in [7, 11) is 0. The summed E-state index contributed by atoms with van der Waals surface area (Å²) in [5.74, 6) is 0. The first kappa shape index (κ1) is 12.6. The molecule has 1 unspecified atom stereocenters. The monoisotopic (exact) mass is 221 g/mol. The average Bonchev–Trinajstić information content (AvgIpc) is 2.17. The highest BCUT2D eigenvalue weighted by molar-refractivity contribution is 5.13. The summed E-state index contributed by atoms with van der Waals surface area (Å²) in [6, 6.07) is -0.504. The molecule has 0 saturated carbocycles. The average molecular weight is 221 g/mol. The highest BCUT2D eigenvalue weighted by Gasteiger charge is 2.33. The van der Waals surface area contributed by atoms with Crippen LogP contribution in [-0.2, 0) is 0 Å². The van der Waals surface area contributed by atoms with Gasteiger partial charge in [-0.2, -0.15) is 13.2 Å². The van der Waals surface area contributed by atoms with Gasteiger partial charge in [0, 0.05) is 6.04 Å². The van der Waals surface area contributed by atoms with Crippen LogP contribution in [0.15, 0.2) is 11.6 Å². The van der Waals surface area contributed by atoms with Crippen molar-refractivity contribution < 1.29 is 13.2 Å². The molecule has 0 aromatic heterocycles. The maximum atomic E-state index is 12.3. The molecule has 0 saturated heterocycles. The van der Waals surface area contributed by atoms with Gasteiger partial charge >= 0.3 is 6.18 Å². The first-order chi connectivity index (χ1) is 7.03. The van der Waals surface area contributed by atoms with Crippen molar-refractivity contribution in [2.75, 3.05) is 6.54 Å². The molecule has 1 nitrogen and oxygen atoms in total. The van der Waals surface area contributed by atoms with Gasteiger partial charge < -0.3 is 5.32 Å². The van der Waals surface area contributed by atoms with Gasteiger partial charge in [0.05, 0.1) is 6.42 Å². The third-order valence-corrected chi connectivity index (χ3v) is 2.66. The van der Waals surface area contributed by atoms with Crippen LogP contribution in [0.25, 0.3) is 0 Å². The van der Waals surface area contributed by atoms with Gasteiger partial charge in [-0.15, -0.1) is 0 Å². The second-order valence-electron chi connectivity index (χ2n) is 3.95. The Bertz CT molecular complexity index is 220. The molecule has 0 radical (unpaired) electrons. The minimum Gasteiger partial charge on any atom is -0.310 e. The maximum absolute atomic E-state index is 12.3. The van der Waals surface area contributed by atoms with Crippen LogP contribution >= 0.6 is 0 Å². The fourth-order valence-corrected chi connectivity index (χ4v) is 1.99. The summed E-state index contributed by atoms with van der Waals surface area (Å²) < 4.78 is 37.0. The van der Waals surface area contributed by atoms with Gasteiger partial charge in [-0.05, 0) is 32.2 Å². The van der Waals surface area contributed by atoms with Crippen LogP contribution in [0.5, 0.6) is 0 Å². The SMILES string of the molecule is CCNC(CC(F)(F)F)C1=CCCCC1. The molecule has 1 rings (SSSR count). The van der Waals surface area contributed by atoms with Crippen LogP contribution in [0.3, 0.4) is 0 Å². The number of rotatable bonds is 4. The third kappa shape index (κ3) is 4.69. The predicted molar refractivity (Wildman–Crippen MR) is 54.7 cm³/mol. The standard InChI is InChI=1S/C11H18F3N/c1-2-15-10(8-11(12,13)14)9-6-4-3-5-7-9/h6,10,15H,2-5,7-8H2,1H3. The van der Waals surface area contributed by atoms with Crippen molar-refractivity contribution in [2.24, 2.45) is 0 Å². The lowest BCUT2D eigenvalue weighted by atomic mass is 9.92. The van der Waals surface area contributed by atoms with Crippen LogP contribution in [0.1, 0.15) is 39.0 Å². The first-order valence-electron chi connectivity index (χ1n) is 5.52. The zero-order chi connectivity index (χ0) is 11.3. The highest BCUT2D eigenvalue weighted by atomic mass is 19.4. The molecule has 0 bridgehead atoms. The number of hydrogen-bond donors (Lipinski definition) is 1. The van der Waals surface area contributed by atoms with Crippen molar-refractivity contribution in [3.63, 3.8) is 0 Å². The summed E-state index contributed by atoms with van der Waals surface area (Å²) >= 11 is 0. The quantitative estimate of drug-likeness (QED) is 0.717. The van der Waals surface area contributed by atoms with E-state index in [1.165, 1.54) is 0 Å². The Morgan fingerprint density at radius 2 is 2.13 bits per heavy atom. The molecule has 1 aliphatic rings. The number of alkyl halides is 3. The van der Waals surface area contributed by atoms with E-state index in [0.29, 0.717) is 6.54 Å². The van der Waals surface area contributed by atoms with Crippen molar-refractivity contribution in [3.8, 4) is 0 Å². The van der Waals surface area contributed by atoms with E-state index < -0.39 is 18.6 Å². The smallest absolute Gasteiger partial charge is 0.310 e. The second-order valence-corrected chi connectivity index (χ2v) is 3.95. The Kier molecular flexibility index (Phi) is 4.64. The molecule has 0 fully saturated rings. The fraction of sp³-hybridized carbons (Fsp3) is 0.818. The molecule has 1 N–H and O–H groups in total. The number of hydrogen-bond acceptors (Lipinski definition) is 1. The number of nitrogens with one attached hydrogen (secondary N) is 1. The van der Waals surface area contributed by atoms with Crippen molar-refractivity contribution in [2.45, 2.75) is 51.2 Å². The molecule has 0 spiro atoms. The normalized spacial score (nSPS) is 19.9. The Labute approximate surface area is 88.7 Å². The van der Waals surface area contributed by atoms with E-state index in [4.69, 9.17) is 0 Å². The molecule has 1 atom stereocenters. The molecule has 0 aromatic rings. The number of halogens is 3. The van der Waals surface area contributed by atoms with E-state index in [2.05, 4.69) is 5.32 Å². The Morgan fingerprint density at radius 1 is 1.40 bits per heavy atom. The van der Waals surface area contributed by atoms with E-state index in [9.17, 15) is 13.2 Å². The zero-order valence-corrected chi connectivity index (χ0v) is 9.03. The predicted octanol–water partition coefficient (Wildman–Crippen LogP) is 3.42. The molecule has 0 aromatic carbocycles. The van der Waals surface area contributed by atoms with Crippen LogP contribution in [-0.4, -0.2) is 18.8 Å². The van der Waals surface area contributed by atoms with Gasteiger partial charge in [-0.25, -0.2) is 0 Å². The minimum absolute atomic E-state index is 0.504. The van der Waals surface area contributed by atoms with Crippen molar-refractivity contribution >= 4 is 0 Å². The van der Waals surface area contributed by atoms with Crippen molar-refractivity contribution in [3.05, 3.63) is 11.6 Å². The second kappa shape index (κ2) is 5.54. The topological polar surface area (TPSA) is 12.0 Å². The number of likely N-dealkylation sites (N-methyl/N-ethyl adjacent to an activating group) is 1. The van der Waals surface area contributed by atoms with E-state index in [1.54, 1.807) is 0 Å². The molecule has 0 aliphatic heterocycles. The van der Waals surface area contributed by atoms with Gasteiger partial charge in [0.2, 0.25) is 0 Å². The van der Waals surface area contributed by atoms with Gasteiger partial charge in [0.1, 0.15) is 0 Å². The molecule has 15 heavy (non-hydrogen) atoms. The molecule has 0 amide bonds. The minimum atomic E-state index is -4.08. The summed E-state index contributed by atoms with van der Waals surface area (Å²) in [5, 5.41) is 2.92. The maximum Gasteiger partial charge on any atom is 0.390 e. The molecule has 1 aliphatic carbocycles. The highest BCUT2D eigenvalue weighted by Crippen LogP contribution is 2.28. The van der Waals surface area contributed by atoms with Gasteiger partial charge in [-0.3, -0.25) is 0 Å². The Hall–Kier alpha value is -0.510. The van der Waals surface area contributed by atoms with E-state index in [1.807, 2.05) is 13.0 Å². The summed E-state index contributed by atoms with van der Waals surface area (Å²) in [5.41, 5.74) is 0.945. The van der Waals surface area contributed by atoms with Crippen LogP contribution in [0, 0.1) is 0 Å². The van der Waals surface area contributed by atoms with Crippen molar-refractivity contribution in [1.82, 2.24) is 5.32 Å². The number of allylic oxidation sites excluding steroid dienone is 1. The van der Waals surface area contributed by atoms with Gasteiger partial charge in [0.15, 0.2) is 0 Å². The summed E-state index contributed by atoms with van der Waals surface area (Å²) in [4.78, 5) is 0. The van der Waals surface area contributed by atoms with Gasteiger partial charge in [0.25, 0.3) is 0 Å². The molecular formula is C11H18F3N. The van der Waals surface area contributed by atoms with E-state index in [0.717, 1.165) is 31.3 Å². The molecule has 4 heteroatoms. The molecule has 88 valence electrons. The third-order valence-electron chi connectivity index (χ3n) is 2.66. The van der Waals surface area contributed by atoms with Crippen LogP contribution < -0.4 is 5.32 Å². The first-order valence-corrected chi connectivity index (χ1v) is 5.52. The van der Waals surface area contributed by atoms with E-state index in [-0.39, 0.29) is 0 Å². The molecular weight excluding hydrogens is 203 g/mol. The van der Waals surface area contributed by atoms with Gasteiger partial charge in [-0.1, -0.05) is 18.6 Å². The lowest BCUT2D eigenvalue weighted by molar-refractivity contribution is -0.138. The summed E-state index contributed by atoms with van der Waals surface area (Å²) in [6.07, 6.45) is 1.02. The Morgan fingerprint density at radius 3 is 2.60 bits per heavy atom. The lowest BCUT2D eigenvalue weighted by Crippen LogP contribution is -2.35. The molecule has 0 heterocycles. The zero-order valence-electron chi connectivity index (χ0n) is 9.03. The van der Waals surface area contributed by atoms with Crippen molar-refractivity contribution in [1.29, 1.82) is 0 Å². The lowest BCUT2D eigenvalue weighted by Gasteiger charge is -2.25. The fourth-order valence-electron chi connectivity index (χ4n) is 1.99. The largest absolute Gasteiger partial charge is 0.390 e. The van der Waals surface area contributed by atoms with E-state index >= 15 is 0 Å². The summed E-state index contributed by atoms with van der Waals surface area (Å²) in [6.45, 7) is 2.42. The van der Waals surface area contributed by atoms with Crippen LogP contribution in [0.4, 0.5) is 13.2 Å².